The number of aliphatic imine (C=N–C) groups is 1. The van der Waals surface area contributed by atoms with E-state index in [0.29, 0.717) is 44.9 Å². The minimum Gasteiger partial charge on any atom is -0.481 e. The zero-order valence-electron chi connectivity index (χ0n) is 31.8. The van der Waals surface area contributed by atoms with Crippen LogP contribution in [0.25, 0.3) is 0 Å². The van der Waals surface area contributed by atoms with Gasteiger partial charge in [-0.25, -0.2) is 4.79 Å². The van der Waals surface area contributed by atoms with Crippen molar-refractivity contribution in [3.8, 4) is 0 Å². The highest BCUT2D eigenvalue weighted by atomic mass is 16.4. The summed E-state index contributed by atoms with van der Waals surface area (Å²) in [6.07, 6.45) is 1.49. The molecule has 6 amide bonds. The van der Waals surface area contributed by atoms with E-state index in [1.807, 2.05) is 0 Å². The van der Waals surface area contributed by atoms with Gasteiger partial charge in [-0.2, -0.15) is 0 Å². The van der Waals surface area contributed by atoms with E-state index in [1.165, 1.54) is 0 Å². The van der Waals surface area contributed by atoms with Crippen LogP contribution in [0.1, 0.15) is 89.9 Å². The Hall–Kier alpha value is -5.13. The van der Waals surface area contributed by atoms with Crippen LogP contribution in [0.5, 0.6) is 0 Å². The average molecular weight is 802 g/mol. The van der Waals surface area contributed by atoms with E-state index in [4.69, 9.17) is 40.1 Å². The lowest BCUT2D eigenvalue weighted by atomic mass is 10.0. The van der Waals surface area contributed by atoms with Crippen molar-refractivity contribution >= 4 is 53.3 Å². The minimum absolute atomic E-state index is 0.00988. The molecule has 6 atom stereocenters. The Morgan fingerprint density at radius 3 is 1.25 bits per heavy atom. The first kappa shape index (κ1) is 50.9. The van der Waals surface area contributed by atoms with Crippen molar-refractivity contribution in [1.82, 2.24) is 26.6 Å². The highest BCUT2D eigenvalue weighted by Gasteiger charge is 2.33. The van der Waals surface area contributed by atoms with Crippen molar-refractivity contribution in [2.45, 2.75) is 126 Å². The summed E-state index contributed by atoms with van der Waals surface area (Å²) in [5.74, 6) is -8.10. The first-order chi connectivity index (χ1) is 26.5. The first-order valence-electron chi connectivity index (χ1n) is 18.6. The monoisotopic (exact) mass is 801 g/mol. The molecule has 23 nitrogen and oxygen atoms in total. The van der Waals surface area contributed by atoms with Crippen molar-refractivity contribution in [3.05, 3.63) is 0 Å². The second-order valence-electron chi connectivity index (χ2n) is 13.2. The lowest BCUT2D eigenvalue weighted by Crippen LogP contribution is -2.59. The molecule has 0 rings (SSSR count). The van der Waals surface area contributed by atoms with Gasteiger partial charge in [-0.1, -0.05) is 0 Å². The highest BCUT2D eigenvalue weighted by Crippen LogP contribution is 2.10. The van der Waals surface area contributed by atoms with Crippen molar-refractivity contribution in [2.75, 3.05) is 26.2 Å². The van der Waals surface area contributed by atoms with Crippen LogP contribution in [-0.2, 0) is 38.4 Å². The molecule has 0 aliphatic heterocycles. The van der Waals surface area contributed by atoms with Gasteiger partial charge in [0.1, 0.15) is 30.2 Å². The quantitative estimate of drug-likeness (QED) is 0.0172. The van der Waals surface area contributed by atoms with Gasteiger partial charge in [0.2, 0.25) is 35.4 Å². The van der Waals surface area contributed by atoms with Crippen LogP contribution in [-0.4, -0.2) is 126 Å². The molecule has 0 spiro atoms. The van der Waals surface area contributed by atoms with E-state index in [0.717, 1.165) is 0 Å². The van der Waals surface area contributed by atoms with Crippen LogP contribution >= 0.6 is 0 Å². The van der Waals surface area contributed by atoms with Crippen LogP contribution in [0.2, 0.25) is 0 Å². The van der Waals surface area contributed by atoms with Crippen LogP contribution in [0.3, 0.4) is 0 Å². The number of hydrogen-bond acceptors (Lipinski definition) is 13. The van der Waals surface area contributed by atoms with Crippen molar-refractivity contribution in [1.29, 1.82) is 0 Å². The van der Waals surface area contributed by atoms with E-state index in [2.05, 4.69) is 31.6 Å². The molecular formula is C33H63N13O10. The van der Waals surface area contributed by atoms with Gasteiger partial charge in [0.25, 0.3) is 0 Å². The topological polar surface area (TPSA) is 432 Å². The lowest BCUT2D eigenvalue weighted by molar-refractivity contribution is -0.143. The van der Waals surface area contributed by atoms with Crippen LogP contribution in [0, 0.1) is 0 Å². The standard InChI is InChI=1S/C33H63N13O10/c34-14-4-1-9-20(28(51)43-22(11-3-6-16-36)30(53)45-23(32(55)56)12-13-25(38)47)42-29(52)21(10-2-5-15-35)44-31(54)24(18-26(48)49)46-27(50)19(37)8-7-17-41-33(39)40/h19-24H,1-18,34-37H2,(H2,38,47)(H,42,52)(H,43,51)(H,44,54)(H,45,53)(H,46,50)(H,48,49)(H,55,56)(H4,39,40,41)/t19-,20-,21-,22-,23-,24-/m0/s1. The first-order valence-corrected chi connectivity index (χ1v) is 18.6. The molecule has 0 aromatic rings. The molecule has 0 saturated heterocycles. The molecule has 0 saturated carbocycles. The smallest absolute Gasteiger partial charge is 0.326 e. The third-order valence-electron chi connectivity index (χ3n) is 8.35. The van der Waals surface area contributed by atoms with Crippen molar-refractivity contribution in [3.63, 3.8) is 0 Å². The van der Waals surface area contributed by atoms with Gasteiger partial charge < -0.3 is 76.9 Å². The zero-order chi connectivity index (χ0) is 42.6. The number of rotatable bonds is 32. The average Bonchev–Trinajstić information content (AvgIpc) is 3.12. The largest absolute Gasteiger partial charge is 0.481 e. The maximum absolute atomic E-state index is 13.8. The van der Waals surface area contributed by atoms with E-state index in [-0.39, 0.29) is 70.7 Å². The number of carbonyl (C=O) groups is 8. The van der Waals surface area contributed by atoms with Crippen LogP contribution in [0.4, 0.5) is 0 Å². The summed E-state index contributed by atoms with van der Waals surface area (Å²) >= 11 is 0. The van der Waals surface area contributed by atoms with Gasteiger partial charge in [0.15, 0.2) is 5.96 Å². The number of hydrogen-bond donors (Lipinski definition) is 14. The fraction of sp³-hybridized carbons (Fsp3) is 0.727. The van der Waals surface area contributed by atoms with Gasteiger partial charge in [-0.3, -0.25) is 38.6 Å². The number of amides is 6. The molecule has 0 aromatic carbocycles. The molecule has 0 aliphatic rings. The summed E-state index contributed by atoms with van der Waals surface area (Å²) in [5, 5.41) is 31.3. The molecule has 21 N–H and O–H groups in total. The third-order valence-corrected chi connectivity index (χ3v) is 8.35. The Bertz CT molecular complexity index is 1320. The Morgan fingerprint density at radius 1 is 0.500 bits per heavy atom. The van der Waals surface area contributed by atoms with Gasteiger partial charge in [0, 0.05) is 13.0 Å². The Labute approximate surface area is 325 Å². The highest BCUT2D eigenvalue weighted by molar-refractivity contribution is 5.97. The molecule has 0 fully saturated rings. The Balaban J connectivity index is 6.23. The summed E-state index contributed by atoms with van der Waals surface area (Å²) in [6.45, 7) is 0.976. The maximum Gasteiger partial charge on any atom is 0.326 e. The predicted octanol–water partition coefficient (Wildman–Crippen LogP) is -5.00. The number of aliphatic carboxylic acids is 2. The number of carbonyl (C=O) groups excluding carboxylic acids is 6. The number of nitrogens with one attached hydrogen (secondary N) is 5. The van der Waals surface area contributed by atoms with Crippen LogP contribution in [0.15, 0.2) is 4.99 Å². The molecule has 0 aliphatic carbocycles. The molecule has 0 radical (unpaired) electrons. The normalized spacial score (nSPS) is 14.1. The van der Waals surface area contributed by atoms with E-state index < -0.39 is 90.1 Å². The minimum atomic E-state index is -1.64. The number of nitrogens with two attached hydrogens (primary N) is 7. The van der Waals surface area contributed by atoms with Gasteiger partial charge in [0.05, 0.1) is 12.5 Å². The summed E-state index contributed by atoms with van der Waals surface area (Å²) in [4.78, 5) is 105. The number of unbranched alkanes of at least 4 members (excludes halogenated alkanes) is 3. The van der Waals surface area contributed by atoms with Crippen molar-refractivity contribution < 1.29 is 48.6 Å². The third kappa shape index (κ3) is 22.9. The van der Waals surface area contributed by atoms with Crippen molar-refractivity contribution in [2.24, 2.45) is 45.1 Å². The summed E-state index contributed by atoms with van der Waals surface area (Å²) < 4.78 is 0. The second kappa shape index (κ2) is 29.2. The molecule has 0 unspecified atom stereocenters. The van der Waals surface area contributed by atoms with Gasteiger partial charge in [-0.15, -0.1) is 0 Å². The lowest BCUT2D eigenvalue weighted by Gasteiger charge is -2.27. The molecule has 320 valence electrons. The Kier molecular flexibility index (Phi) is 26.5. The van der Waals surface area contributed by atoms with E-state index in [1.54, 1.807) is 0 Å². The van der Waals surface area contributed by atoms with Crippen LogP contribution < -0.4 is 66.7 Å². The number of primary amides is 1. The SMILES string of the molecule is NCCCC[C@H](NC(=O)[C@H](CCCCN)NC(=O)[C@H](CCCCN)NC(=O)[C@H](CC(=O)O)NC(=O)[C@@H](N)CCCN=C(N)N)C(=O)N[C@@H](CCC(N)=O)C(=O)O. The molecule has 56 heavy (non-hydrogen) atoms. The summed E-state index contributed by atoms with van der Waals surface area (Å²) in [6, 6.07) is -8.13. The predicted molar refractivity (Wildman–Crippen MR) is 205 cm³/mol. The fourth-order valence-corrected chi connectivity index (χ4v) is 5.23. The maximum atomic E-state index is 13.8. The Morgan fingerprint density at radius 2 is 0.893 bits per heavy atom. The molecule has 0 aromatic heterocycles. The fourth-order valence-electron chi connectivity index (χ4n) is 5.23. The van der Waals surface area contributed by atoms with Gasteiger partial charge >= 0.3 is 11.9 Å². The number of carboxylic acids is 2. The zero-order valence-corrected chi connectivity index (χ0v) is 31.8. The second-order valence-corrected chi connectivity index (χ2v) is 13.2. The summed E-state index contributed by atoms with van der Waals surface area (Å²) in [7, 11) is 0. The van der Waals surface area contributed by atoms with E-state index >= 15 is 0 Å². The summed E-state index contributed by atoms with van der Waals surface area (Å²) in [5.41, 5.74) is 38.5. The number of carboxylic acid groups (broad SMARTS) is 2. The number of guanidine groups is 1. The number of nitrogens with zero attached hydrogens (tertiary/aromatic N) is 1. The molecule has 0 heterocycles. The molecule has 23 heteroatoms. The molecule has 0 bridgehead atoms. The van der Waals surface area contributed by atoms with Gasteiger partial charge in [-0.05, 0) is 96.7 Å². The van der Waals surface area contributed by atoms with E-state index in [9.17, 15) is 48.6 Å². The molecular weight excluding hydrogens is 738 g/mol.